The van der Waals surface area contributed by atoms with Crippen molar-refractivity contribution in [3.05, 3.63) is 59.4 Å². The Hall–Kier alpha value is -2.71. The maximum absolute atomic E-state index is 15.3. The molecule has 4 rings (SSSR count). The van der Waals surface area contributed by atoms with E-state index in [1.807, 2.05) is 12.1 Å². The van der Waals surface area contributed by atoms with Crippen molar-refractivity contribution in [1.82, 2.24) is 10.3 Å². The molecule has 2 aromatic rings. The summed E-state index contributed by atoms with van der Waals surface area (Å²) in [5.41, 5.74) is 11.7. The summed E-state index contributed by atoms with van der Waals surface area (Å²) in [4.78, 5) is 6.74. The molecule has 0 saturated carbocycles. The molecule has 2 aliphatic heterocycles. The smallest absolute Gasteiger partial charge is 0.184 e. The quantitative estimate of drug-likeness (QED) is 0.397. The minimum atomic E-state index is -0.234. The van der Waals surface area contributed by atoms with E-state index in [2.05, 4.69) is 63.6 Å². The zero-order chi connectivity index (χ0) is 22.7. The average Bonchev–Trinajstić information content (AvgIpc) is 3.45. The van der Waals surface area contributed by atoms with E-state index < -0.39 is 0 Å². The minimum absolute atomic E-state index is 0.0813. The molecule has 2 heterocycles. The number of hydrogen-bond donors (Lipinski definition) is 2. The fourth-order valence-corrected chi connectivity index (χ4v) is 4.76. The summed E-state index contributed by atoms with van der Waals surface area (Å²) in [6.07, 6.45) is 3.69. The van der Waals surface area contributed by atoms with Gasteiger partial charge in [0.1, 0.15) is 5.82 Å². The van der Waals surface area contributed by atoms with Crippen molar-refractivity contribution in [2.45, 2.75) is 24.8 Å². The topological polar surface area (TPSA) is 60.1 Å². The van der Waals surface area contributed by atoms with Crippen LogP contribution in [0.1, 0.15) is 29.9 Å². The van der Waals surface area contributed by atoms with Crippen molar-refractivity contribution in [3.63, 3.8) is 0 Å². The molecular weight excluding hydrogens is 423 g/mol. The van der Waals surface area contributed by atoms with Crippen LogP contribution in [-0.2, 0) is 0 Å². The monoisotopic (exact) mass is 454 g/mol. The third-order valence-corrected chi connectivity index (χ3v) is 6.60. The van der Waals surface area contributed by atoms with Gasteiger partial charge in [-0.05, 0) is 56.9 Å². The SMILES string of the molecule is CN(C)C1CCN(c2cc(N3CCC(c4ccccc4)C3)c(F)cc2C=NNC(N)=S)C1. The molecule has 170 valence electrons. The molecule has 0 bridgehead atoms. The normalized spacial score (nSPS) is 21.1. The van der Waals surface area contributed by atoms with Crippen LogP contribution in [0.25, 0.3) is 0 Å². The van der Waals surface area contributed by atoms with E-state index in [1.165, 1.54) is 5.56 Å². The maximum atomic E-state index is 15.3. The third kappa shape index (κ3) is 5.02. The highest BCUT2D eigenvalue weighted by atomic mass is 32.1. The molecule has 32 heavy (non-hydrogen) atoms. The lowest BCUT2D eigenvalue weighted by Gasteiger charge is -2.26. The average molecular weight is 455 g/mol. The number of halogens is 1. The summed E-state index contributed by atoms with van der Waals surface area (Å²) in [6, 6.07) is 14.5. The molecule has 0 amide bonds. The fraction of sp³-hybridized carbons (Fsp3) is 0.417. The van der Waals surface area contributed by atoms with Crippen molar-refractivity contribution in [3.8, 4) is 0 Å². The van der Waals surface area contributed by atoms with Gasteiger partial charge < -0.3 is 20.4 Å². The second-order valence-electron chi connectivity index (χ2n) is 8.79. The Labute approximate surface area is 194 Å². The number of benzene rings is 2. The molecule has 2 atom stereocenters. The Bertz CT molecular complexity index is 980. The summed E-state index contributed by atoms with van der Waals surface area (Å²) in [5, 5.41) is 4.17. The summed E-state index contributed by atoms with van der Waals surface area (Å²) < 4.78 is 15.3. The van der Waals surface area contributed by atoms with E-state index in [1.54, 1.807) is 12.3 Å². The molecular formula is C24H31FN6S. The molecule has 0 spiro atoms. The van der Waals surface area contributed by atoms with Gasteiger partial charge in [0, 0.05) is 49.4 Å². The first-order valence-corrected chi connectivity index (χ1v) is 11.5. The third-order valence-electron chi connectivity index (χ3n) is 6.51. The van der Waals surface area contributed by atoms with Crippen LogP contribution in [-0.4, -0.2) is 62.5 Å². The summed E-state index contributed by atoms with van der Waals surface area (Å²) in [5.74, 6) is 0.183. The van der Waals surface area contributed by atoms with Crippen LogP contribution in [0.15, 0.2) is 47.6 Å². The second kappa shape index (κ2) is 9.83. The van der Waals surface area contributed by atoms with Crippen molar-refractivity contribution < 1.29 is 4.39 Å². The van der Waals surface area contributed by atoms with Gasteiger partial charge in [0.25, 0.3) is 0 Å². The molecule has 0 aliphatic carbocycles. The van der Waals surface area contributed by atoms with E-state index >= 15 is 4.39 Å². The van der Waals surface area contributed by atoms with E-state index in [9.17, 15) is 0 Å². The van der Waals surface area contributed by atoms with E-state index in [-0.39, 0.29) is 10.9 Å². The van der Waals surface area contributed by atoms with Crippen molar-refractivity contribution in [2.75, 3.05) is 50.1 Å². The van der Waals surface area contributed by atoms with Crippen LogP contribution in [0.3, 0.4) is 0 Å². The number of nitrogens with two attached hydrogens (primary N) is 1. The van der Waals surface area contributed by atoms with Crippen LogP contribution in [0.2, 0.25) is 0 Å². The predicted octanol–water partition coefficient (Wildman–Crippen LogP) is 3.13. The standard InChI is InChI=1S/C24H31FN6S/c1-29(2)20-9-11-31(16-20)22-13-23(21(25)12-19(22)14-27-28-24(26)32)30-10-8-18(15-30)17-6-4-3-5-7-17/h3-7,12-14,18,20H,8-11,15-16H2,1-2H3,(H3,26,28,32). The maximum Gasteiger partial charge on any atom is 0.184 e. The number of nitrogens with one attached hydrogen (secondary N) is 1. The number of nitrogens with zero attached hydrogens (tertiary/aromatic N) is 4. The number of hydrazone groups is 1. The van der Waals surface area contributed by atoms with E-state index in [0.717, 1.165) is 44.7 Å². The van der Waals surface area contributed by atoms with Crippen LogP contribution >= 0.6 is 12.2 Å². The molecule has 3 N–H and O–H groups in total. The Kier molecular flexibility index (Phi) is 6.91. The Balaban J connectivity index is 1.62. The molecule has 2 unspecified atom stereocenters. The molecule has 0 aromatic heterocycles. The van der Waals surface area contributed by atoms with Crippen LogP contribution in [0, 0.1) is 5.82 Å². The van der Waals surface area contributed by atoms with Gasteiger partial charge in [-0.2, -0.15) is 5.10 Å². The zero-order valence-electron chi connectivity index (χ0n) is 18.7. The van der Waals surface area contributed by atoms with Crippen molar-refractivity contribution in [2.24, 2.45) is 10.8 Å². The van der Waals surface area contributed by atoms with Crippen LogP contribution in [0.5, 0.6) is 0 Å². The van der Waals surface area contributed by atoms with Gasteiger partial charge in [0.15, 0.2) is 5.11 Å². The summed E-state index contributed by atoms with van der Waals surface area (Å²) in [7, 11) is 4.21. The predicted molar refractivity (Wildman–Crippen MR) is 134 cm³/mol. The van der Waals surface area contributed by atoms with Gasteiger partial charge in [-0.25, -0.2) is 4.39 Å². The van der Waals surface area contributed by atoms with Gasteiger partial charge in [-0.15, -0.1) is 0 Å². The number of rotatable bonds is 6. The lowest BCUT2D eigenvalue weighted by Crippen LogP contribution is -2.32. The zero-order valence-corrected chi connectivity index (χ0v) is 19.5. The summed E-state index contributed by atoms with van der Waals surface area (Å²) in [6.45, 7) is 3.47. The molecule has 2 aromatic carbocycles. The first-order valence-electron chi connectivity index (χ1n) is 11.1. The van der Waals surface area contributed by atoms with E-state index in [0.29, 0.717) is 23.2 Å². The van der Waals surface area contributed by atoms with Crippen molar-refractivity contribution in [1.29, 1.82) is 0 Å². The Morgan fingerprint density at radius 3 is 2.53 bits per heavy atom. The number of likely N-dealkylation sites (N-methyl/N-ethyl adjacent to an activating group) is 1. The van der Waals surface area contributed by atoms with Crippen LogP contribution in [0.4, 0.5) is 15.8 Å². The number of hydrogen-bond acceptors (Lipinski definition) is 5. The molecule has 6 nitrogen and oxygen atoms in total. The van der Waals surface area contributed by atoms with Crippen LogP contribution < -0.4 is 21.0 Å². The lowest BCUT2D eigenvalue weighted by atomic mass is 9.99. The highest BCUT2D eigenvalue weighted by molar-refractivity contribution is 7.80. The van der Waals surface area contributed by atoms with Crippen molar-refractivity contribution >= 4 is 34.9 Å². The molecule has 2 saturated heterocycles. The molecule has 8 heteroatoms. The van der Waals surface area contributed by atoms with Gasteiger partial charge >= 0.3 is 0 Å². The van der Waals surface area contributed by atoms with Gasteiger partial charge in [-0.1, -0.05) is 30.3 Å². The lowest BCUT2D eigenvalue weighted by molar-refractivity contribution is 0.315. The molecule has 0 radical (unpaired) electrons. The molecule has 2 aliphatic rings. The first-order chi connectivity index (χ1) is 15.4. The highest BCUT2D eigenvalue weighted by Crippen LogP contribution is 2.36. The Morgan fingerprint density at radius 1 is 1.12 bits per heavy atom. The van der Waals surface area contributed by atoms with Gasteiger partial charge in [-0.3, -0.25) is 5.43 Å². The highest BCUT2D eigenvalue weighted by Gasteiger charge is 2.29. The Morgan fingerprint density at radius 2 is 1.84 bits per heavy atom. The second-order valence-corrected chi connectivity index (χ2v) is 9.23. The summed E-state index contributed by atoms with van der Waals surface area (Å²) >= 11 is 4.82. The van der Waals surface area contributed by atoms with Gasteiger partial charge in [0.2, 0.25) is 0 Å². The largest absolute Gasteiger partial charge is 0.375 e. The fourth-order valence-electron chi connectivity index (χ4n) is 4.71. The number of thiocarbonyl (C=S) groups is 1. The van der Waals surface area contributed by atoms with Gasteiger partial charge in [0.05, 0.1) is 11.9 Å². The molecule has 2 fully saturated rings. The first kappa shape index (κ1) is 22.5. The number of anilines is 2. The van der Waals surface area contributed by atoms with E-state index in [4.69, 9.17) is 18.0 Å². The minimum Gasteiger partial charge on any atom is -0.375 e.